The maximum Gasteiger partial charge on any atom is 0.197 e. The van der Waals surface area contributed by atoms with E-state index in [9.17, 15) is 15.3 Å². The molecule has 7 nitrogen and oxygen atoms in total. The lowest BCUT2D eigenvalue weighted by Crippen LogP contribution is -2.49. The minimum atomic E-state index is 0.169. The van der Waals surface area contributed by atoms with Crippen molar-refractivity contribution in [2.75, 3.05) is 44.2 Å². The number of aliphatic hydroxyl groups is 1. The van der Waals surface area contributed by atoms with Gasteiger partial charge in [-0.1, -0.05) is 25.0 Å². The number of nitrogens with zero attached hydrogens (tertiary/aromatic N) is 4. The fourth-order valence-corrected chi connectivity index (χ4v) is 8.86. The van der Waals surface area contributed by atoms with E-state index in [2.05, 4.69) is 34.1 Å². The van der Waals surface area contributed by atoms with E-state index in [1.807, 2.05) is 4.57 Å². The predicted octanol–water partition coefficient (Wildman–Crippen LogP) is 4.72. The van der Waals surface area contributed by atoms with Gasteiger partial charge in [0, 0.05) is 62.4 Å². The van der Waals surface area contributed by atoms with Crippen molar-refractivity contribution in [3.63, 3.8) is 0 Å². The van der Waals surface area contributed by atoms with Gasteiger partial charge >= 0.3 is 0 Å². The lowest BCUT2D eigenvalue weighted by Gasteiger charge is -2.40. The third-order valence-corrected chi connectivity index (χ3v) is 10.8. The monoisotopic (exact) mass is 522 g/mol. The first kappa shape index (κ1) is 23.8. The largest absolute Gasteiger partial charge is 0.494 e. The fourth-order valence-electron chi connectivity index (χ4n) is 8.06. The Hall–Kier alpha value is -2.29. The lowest BCUT2D eigenvalue weighted by atomic mass is 9.78. The van der Waals surface area contributed by atoms with Gasteiger partial charge in [-0.3, -0.25) is 9.47 Å². The SMILES string of the molecule is OCC1CC2CC1c1c2c(O)n(CC2CCCCC2CN2CCN(c3nsc4ccccc34)CC2)c1O. The van der Waals surface area contributed by atoms with E-state index in [0.29, 0.717) is 24.3 Å². The number of fused-ring (bicyclic) bond motifs is 6. The Bertz CT molecular complexity index is 1280. The van der Waals surface area contributed by atoms with Crippen LogP contribution in [0.2, 0.25) is 0 Å². The number of anilines is 1. The third-order valence-electron chi connectivity index (χ3n) is 10.00. The molecule has 3 fully saturated rings. The zero-order valence-electron chi connectivity index (χ0n) is 21.4. The minimum absolute atomic E-state index is 0.169. The number of aromatic nitrogens is 2. The third kappa shape index (κ3) is 3.94. The second-order valence-corrected chi connectivity index (χ2v) is 12.7. The van der Waals surface area contributed by atoms with Crippen LogP contribution in [-0.4, -0.2) is 68.5 Å². The summed E-state index contributed by atoms with van der Waals surface area (Å²) in [6.45, 7) is 6.07. The van der Waals surface area contributed by atoms with Crippen molar-refractivity contribution in [2.24, 2.45) is 17.8 Å². The Morgan fingerprint density at radius 2 is 1.59 bits per heavy atom. The molecule has 5 unspecified atom stereocenters. The number of benzene rings is 1. The summed E-state index contributed by atoms with van der Waals surface area (Å²) in [6, 6.07) is 8.52. The second kappa shape index (κ2) is 9.47. The van der Waals surface area contributed by atoms with Gasteiger partial charge in [0.25, 0.3) is 0 Å². The Labute approximate surface area is 222 Å². The zero-order chi connectivity index (χ0) is 25.1. The first-order valence-electron chi connectivity index (χ1n) is 14.2. The van der Waals surface area contributed by atoms with Crippen LogP contribution in [-0.2, 0) is 6.54 Å². The average molecular weight is 523 g/mol. The molecule has 3 N–H and O–H groups in total. The van der Waals surface area contributed by atoms with Crippen LogP contribution in [0, 0.1) is 17.8 Å². The normalized spacial score (nSPS) is 29.9. The van der Waals surface area contributed by atoms with Crippen LogP contribution in [0.15, 0.2) is 24.3 Å². The Kier molecular flexibility index (Phi) is 6.09. The van der Waals surface area contributed by atoms with Crippen LogP contribution in [0.3, 0.4) is 0 Å². The molecule has 2 aromatic heterocycles. The van der Waals surface area contributed by atoms with Gasteiger partial charge < -0.3 is 20.2 Å². The van der Waals surface area contributed by atoms with Crippen molar-refractivity contribution < 1.29 is 15.3 Å². The number of rotatable bonds is 6. The summed E-state index contributed by atoms with van der Waals surface area (Å²) in [6.07, 6.45) is 6.78. The smallest absolute Gasteiger partial charge is 0.197 e. The quantitative estimate of drug-likeness (QED) is 0.434. The first-order chi connectivity index (χ1) is 18.1. The fraction of sp³-hybridized carbons (Fsp3) is 0.621. The molecule has 0 radical (unpaired) electrons. The van der Waals surface area contributed by atoms with Crippen molar-refractivity contribution in [1.82, 2.24) is 13.8 Å². The van der Waals surface area contributed by atoms with Gasteiger partial charge in [-0.15, -0.1) is 0 Å². The number of aliphatic hydroxyl groups excluding tert-OH is 1. The highest BCUT2D eigenvalue weighted by Gasteiger charge is 2.49. The van der Waals surface area contributed by atoms with Crippen molar-refractivity contribution in [3.05, 3.63) is 35.4 Å². The molecule has 7 rings (SSSR count). The van der Waals surface area contributed by atoms with E-state index in [0.717, 1.165) is 68.9 Å². The molecule has 5 atom stereocenters. The molecule has 2 bridgehead atoms. The van der Waals surface area contributed by atoms with Gasteiger partial charge in [0.1, 0.15) is 5.82 Å². The van der Waals surface area contributed by atoms with Crippen molar-refractivity contribution in [1.29, 1.82) is 0 Å². The van der Waals surface area contributed by atoms with Gasteiger partial charge in [-0.2, -0.15) is 4.37 Å². The molecule has 0 amide bonds. The summed E-state index contributed by atoms with van der Waals surface area (Å²) in [4.78, 5) is 5.06. The summed E-state index contributed by atoms with van der Waals surface area (Å²) < 4.78 is 7.84. The van der Waals surface area contributed by atoms with Crippen LogP contribution in [0.5, 0.6) is 11.8 Å². The maximum atomic E-state index is 11.2. The Morgan fingerprint density at radius 3 is 2.38 bits per heavy atom. The first-order valence-corrected chi connectivity index (χ1v) is 15.0. The molecule has 37 heavy (non-hydrogen) atoms. The van der Waals surface area contributed by atoms with E-state index in [1.165, 1.54) is 29.3 Å². The van der Waals surface area contributed by atoms with E-state index < -0.39 is 0 Å². The molecule has 2 saturated carbocycles. The van der Waals surface area contributed by atoms with Crippen LogP contribution < -0.4 is 4.90 Å². The molecule has 4 aliphatic rings. The van der Waals surface area contributed by atoms with Gasteiger partial charge in [0.05, 0.1) is 4.70 Å². The van der Waals surface area contributed by atoms with E-state index in [-0.39, 0.29) is 30.2 Å². The summed E-state index contributed by atoms with van der Waals surface area (Å²) in [5, 5.41) is 33.4. The van der Waals surface area contributed by atoms with E-state index in [4.69, 9.17) is 4.37 Å². The highest BCUT2D eigenvalue weighted by Crippen LogP contribution is 2.62. The highest BCUT2D eigenvalue weighted by molar-refractivity contribution is 7.13. The van der Waals surface area contributed by atoms with Crippen molar-refractivity contribution in [3.8, 4) is 11.8 Å². The molecule has 0 spiro atoms. The molecule has 8 heteroatoms. The number of aromatic hydroxyl groups is 2. The maximum absolute atomic E-state index is 11.2. The Balaban J connectivity index is 1.03. The lowest BCUT2D eigenvalue weighted by molar-refractivity contribution is 0.130. The standard InChI is InChI=1S/C29H38N4O3S/c34-17-21-13-20-14-23(21)26-25(20)28(35)33(29(26)36)16-19-6-2-1-5-18(19)15-31-9-11-32(12-10-31)27-22-7-3-4-8-24(22)37-30-27/h3-4,7-8,18-21,23,34-36H,1-2,5-6,9-17H2. The molecule has 3 heterocycles. The van der Waals surface area contributed by atoms with Crippen LogP contribution in [0.25, 0.3) is 10.1 Å². The molecule has 3 aromatic rings. The van der Waals surface area contributed by atoms with E-state index >= 15 is 0 Å². The minimum Gasteiger partial charge on any atom is -0.494 e. The van der Waals surface area contributed by atoms with Gasteiger partial charge in [0.15, 0.2) is 11.8 Å². The molecule has 1 aliphatic heterocycles. The van der Waals surface area contributed by atoms with Crippen molar-refractivity contribution in [2.45, 2.75) is 56.9 Å². The van der Waals surface area contributed by atoms with Gasteiger partial charge in [-0.05, 0) is 78.9 Å². The molecule has 3 aliphatic carbocycles. The van der Waals surface area contributed by atoms with Gasteiger partial charge in [0.2, 0.25) is 0 Å². The van der Waals surface area contributed by atoms with Crippen molar-refractivity contribution >= 4 is 27.4 Å². The summed E-state index contributed by atoms with van der Waals surface area (Å²) in [7, 11) is 0. The molecular weight excluding hydrogens is 484 g/mol. The number of hydrogen-bond acceptors (Lipinski definition) is 7. The van der Waals surface area contributed by atoms with Crippen LogP contribution in [0.1, 0.15) is 61.5 Å². The summed E-state index contributed by atoms with van der Waals surface area (Å²) >= 11 is 1.59. The summed E-state index contributed by atoms with van der Waals surface area (Å²) in [5.74, 6) is 3.46. The molecule has 198 valence electrons. The van der Waals surface area contributed by atoms with Crippen LogP contribution >= 0.6 is 11.5 Å². The summed E-state index contributed by atoms with van der Waals surface area (Å²) in [5.41, 5.74) is 1.91. The van der Waals surface area contributed by atoms with Crippen LogP contribution in [0.4, 0.5) is 5.82 Å². The van der Waals surface area contributed by atoms with E-state index in [1.54, 1.807) is 11.5 Å². The molecule has 1 saturated heterocycles. The van der Waals surface area contributed by atoms with Gasteiger partial charge in [-0.25, -0.2) is 0 Å². The molecular formula is C29H38N4O3S. The highest BCUT2D eigenvalue weighted by atomic mass is 32.1. The molecule has 1 aromatic carbocycles. The Morgan fingerprint density at radius 1 is 0.865 bits per heavy atom. The number of hydrogen-bond donors (Lipinski definition) is 3. The average Bonchev–Trinajstić information content (AvgIpc) is 3.69. The zero-order valence-corrected chi connectivity index (χ0v) is 22.2. The predicted molar refractivity (Wildman–Crippen MR) is 147 cm³/mol. The second-order valence-electron chi connectivity index (χ2n) is 11.9. The topological polar surface area (TPSA) is 85.0 Å². The number of piperazine rings is 1.